The van der Waals surface area contributed by atoms with Gasteiger partial charge in [-0.3, -0.25) is 29.1 Å². The Bertz CT molecular complexity index is 712. The van der Waals surface area contributed by atoms with E-state index >= 15 is 0 Å². The predicted octanol–water partition coefficient (Wildman–Crippen LogP) is -3.91. The van der Waals surface area contributed by atoms with Crippen LogP contribution in [0, 0.1) is 0 Å². The monoisotopic (exact) mass is 441 g/mol. The fourth-order valence-electron chi connectivity index (χ4n) is 3.94. The molecule has 0 radical (unpaired) electrons. The lowest BCUT2D eigenvalue weighted by atomic mass is 9.97. The average Bonchev–Trinajstić information content (AvgIpc) is 3.08. The predicted molar refractivity (Wildman–Crippen MR) is 110 cm³/mol. The normalized spacial score (nSPS) is 27.6. The van der Waals surface area contributed by atoms with Crippen molar-refractivity contribution in [3.05, 3.63) is 0 Å². The molecule has 2 amide bonds. The number of likely N-dealkylation sites (tertiary alicyclic amines) is 1. The zero-order chi connectivity index (χ0) is 23.0. The molecule has 0 aromatic rings. The summed E-state index contributed by atoms with van der Waals surface area (Å²) in [7, 11) is 0. The molecule has 2 bridgehead atoms. The van der Waals surface area contributed by atoms with Crippen LogP contribution in [0.1, 0.15) is 25.7 Å². The van der Waals surface area contributed by atoms with Crippen molar-refractivity contribution >= 4 is 29.5 Å². The summed E-state index contributed by atoms with van der Waals surface area (Å²) in [5.74, 6) is -2.61. The Balaban J connectivity index is 2.22. The van der Waals surface area contributed by atoms with Gasteiger partial charge in [-0.15, -0.1) is 0 Å². The Kier molecular flexibility index (Phi) is 9.15. The number of rotatable bonds is 8. The standard InChI is InChI=1S/C18H31N7O6/c19-18(20)21-3-1-2-11-16(30)13-6-10(9-25(13)4-5-26)23-12(7-15(28)29)17(31)22-8-14(27)24-11/h10-13,23,26H,1-9H2,(H,22,31)(H,24,27)(H,28,29)(H4,19,20,21)/t10-,11+,12+,13-/m1/s1. The van der Waals surface area contributed by atoms with Crippen LogP contribution in [0.15, 0.2) is 4.99 Å². The lowest BCUT2D eigenvalue weighted by Gasteiger charge is -2.27. The van der Waals surface area contributed by atoms with Crippen LogP contribution in [-0.2, 0) is 19.2 Å². The fraction of sp³-hybridized carbons (Fsp3) is 0.722. The maximum absolute atomic E-state index is 13.3. The number of nitrogens with one attached hydrogen (secondary N) is 3. The van der Waals surface area contributed by atoms with Crippen molar-refractivity contribution < 1.29 is 29.4 Å². The third kappa shape index (κ3) is 7.45. The number of carboxylic acids is 1. The highest BCUT2D eigenvalue weighted by Gasteiger charge is 2.41. The van der Waals surface area contributed by atoms with Gasteiger partial charge < -0.3 is 37.6 Å². The molecule has 4 atom stereocenters. The van der Waals surface area contributed by atoms with Crippen LogP contribution < -0.4 is 27.4 Å². The first kappa shape index (κ1) is 24.5. The first-order chi connectivity index (χ1) is 14.7. The van der Waals surface area contributed by atoms with E-state index in [1.54, 1.807) is 4.90 Å². The van der Waals surface area contributed by atoms with Crippen LogP contribution in [0.3, 0.4) is 0 Å². The number of aliphatic carboxylic acids is 1. The van der Waals surface area contributed by atoms with Crippen molar-refractivity contribution in [2.45, 2.75) is 49.9 Å². The first-order valence-corrected chi connectivity index (χ1v) is 10.2. The van der Waals surface area contributed by atoms with E-state index in [9.17, 15) is 24.3 Å². The number of nitrogens with two attached hydrogens (primary N) is 2. The Labute approximate surface area is 179 Å². The van der Waals surface area contributed by atoms with E-state index in [2.05, 4.69) is 20.9 Å². The smallest absolute Gasteiger partial charge is 0.305 e. The van der Waals surface area contributed by atoms with Crippen LogP contribution in [0.25, 0.3) is 0 Å². The van der Waals surface area contributed by atoms with Crippen molar-refractivity contribution in [2.75, 3.05) is 32.8 Å². The van der Waals surface area contributed by atoms with Gasteiger partial charge in [0.1, 0.15) is 0 Å². The van der Waals surface area contributed by atoms with Gasteiger partial charge in [0.25, 0.3) is 0 Å². The maximum atomic E-state index is 13.3. The second-order valence-electron chi connectivity index (χ2n) is 7.67. The van der Waals surface area contributed by atoms with Gasteiger partial charge in [0, 0.05) is 25.7 Å². The summed E-state index contributed by atoms with van der Waals surface area (Å²) in [6.07, 6.45) is 0.618. The summed E-state index contributed by atoms with van der Waals surface area (Å²) in [4.78, 5) is 54.9. The molecule has 174 valence electrons. The quantitative estimate of drug-likeness (QED) is 0.110. The number of hydrogen-bond donors (Lipinski definition) is 7. The highest BCUT2D eigenvalue weighted by atomic mass is 16.4. The van der Waals surface area contributed by atoms with Crippen LogP contribution in [0.2, 0.25) is 0 Å². The third-order valence-electron chi connectivity index (χ3n) is 5.30. The Hall–Kier alpha value is -2.77. The van der Waals surface area contributed by atoms with Crippen molar-refractivity contribution in [1.29, 1.82) is 0 Å². The number of aliphatic imine (C=N–C) groups is 1. The molecule has 0 aromatic heterocycles. The highest BCUT2D eigenvalue weighted by molar-refractivity contribution is 5.95. The molecule has 2 rings (SSSR count). The Morgan fingerprint density at radius 2 is 1.97 bits per heavy atom. The number of hydrogen-bond acceptors (Lipinski definition) is 8. The SMILES string of the molecule is NC(N)=NCCC[C@@H]1NC(=O)CNC(=O)[C@H](CC(=O)O)N[C@@H]2C[C@H](C1=O)N(CCO)C2. The fourth-order valence-corrected chi connectivity index (χ4v) is 3.94. The van der Waals surface area contributed by atoms with Gasteiger partial charge in [0.05, 0.1) is 37.7 Å². The van der Waals surface area contributed by atoms with E-state index in [0.29, 0.717) is 32.4 Å². The minimum atomic E-state index is -1.16. The molecule has 2 fully saturated rings. The van der Waals surface area contributed by atoms with Crippen LogP contribution in [-0.4, -0.2) is 102 Å². The summed E-state index contributed by atoms with van der Waals surface area (Å²) in [6.45, 7) is 0.333. The topological polar surface area (TPSA) is 212 Å². The number of carbonyl (C=O) groups excluding carboxylic acids is 3. The van der Waals surface area contributed by atoms with Gasteiger partial charge in [-0.1, -0.05) is 0 Å². The number of Topliss-reactive ketones (excluding diaryl/α,β-unsaturated/α-hetero) is 1. The third-order valence-corrected chi connectivity index (χ3v) is 5.30. The van der Waals surface area contributed by atoms with Crippen molar-refractivity contribution in [3.8, 4) is 0 Å². The number of nitrogens with zero attached hydrogens (tertiary/aromatic N) is 2. The maximum Gasteiger partial charge on any atom is 0.305 e. The average molecular weight is 441 g/mol. The summed E-state index contributed by atoms with van der Waals surface area (Å²) >= 11 is 0. The summed E-state index contributed by atoms with van der Waals surface area (Å²) < 4.78 is 0. The van der Waals surface area contributed by atoms with Gasteiger partial charge in [-0.2, -0.15) is 0 Å². The number of aliphatic hydroxyl groups excluding tert-OH is 1. The molecule has 2 heterocycles. The lowest BCUT2D eigenvalue weighted by Crippen LogP contribution is -2.54. The largest absolute Gasteiger partial charge is 0.481 e. The molecule has 13 nitrogen and oxygen atoms in total. The van der Waals surface area contributed by atoms with Crippen LogP contribution in [0.5, 0.6) is 0 Å². The zero-order valence-corrected chi connectivity index (χ0v) is 17.2. The summed E-state index contributed by atoms with van der Waals surface area (Å²) in [5, 5.41) is 26.6. The Morgan fingerprint density at radius 1 is 1.23 bits per heavy atom. The van der Waals surface area contributed by atoms with Gasteiger partial charge in [0.15, 0.2) is 11.7 Å². The molecule has 0 saturated carbocycles. The number of fused-ring (bicyclic) bond motifs is 2. The summed E-state index contributed by atoms with van der Waals surface area (Å²) in [6, 6.07) is -2.77. The first-order valence-electron chi connectivity index (χ1n) is 10.2. The molecule has 13 heteroatoms. The Morgan fingerprint density at radius 3 is 2.61 bits per heavy atom. The molecule has 2 aliphatic rings. The van der Waals surface area contributed by atoms with E-state index in [4.69, 9.17) is 16.6 Å². The minimum Gasteiger partial charge on any atom is -0.481 e. The number of β-amino-alcohol motifs (C(OH)–C–C–N with tert-alkyl or cyclic N) is 1. The molecule has 9 N–H and O–H groups in total. The molecule has 0 aliphatic carbocycles. The van der Waals surface area contributed by atoms with E-state index in [1.807, 2.05) is 0 Å². The summed E-state index contributed by atoms with van der Waals surface area (Å²) in [5.41, 5.74) is 10.6. The van der Waals surface area contributed by atoms with E-state index < -0.39 is 42.3 Å². The van der Waals surface area contributed by atoms with Crippen molar-refractivity contribution in [2.24, 2.45) is 16.5 Å². The molecule has 2 saturated heterocycles. The van der Waals surface area contributed by atoms with E-state index in [0.717, 1.165) is 0 Å². The molecule has 0 aromatic carbocycles. The molecule has 2 aliphatic heterocycles. The second kappa shape index (κ2) is 11.6. The van der Waals surface area contributed by atoms with Crippen LogP contribution >= 0.6 is 0 Å². The second-order valence-corrected chi connectivity index (χ2v) is 7.67. The number of carbonyl (C=O) groups is 4. The lowest BCUT2D eigenvalue weighted by molar-refractivity contribution is -0.140. The zero-order valence-electron chi connectivity index (χ0n) is 17.2. The number of aliphatic hydroxyl groups is 1. The van der Waals surface area contributed by atoms with Crippen LogP contribution in [0.4, 0.5) is 0 Å². The van der Waals surface area contributed by atoms with Gasteiger partial charge in [-0.05, 0) is 19.3 Å². The van der Waals surface area contributed by atoms with Gasteiger partial charge in [0.2, 0.25) is 11.8 Å². The number of ketones is 1. The van der Waals surface area contributed by atoms with Gasteiger partial charge in [-0.25, -0.2) is 0 Å². The number of guanidine groups is 1. The van der Waals surface area contributed by atoms with E-state index in [-0.39, 0.29) is 37.5 Å². The number of carboxylic acid groups (broad SMARTS) is 1. The highest BCUT2D eigenvalue weighted by Crippen LogP contribution is 2.22. The minimum absolute atomic E-state index is 0.0634. The molecular formula is C18H31N7O6. The van der Waals surface area contributed by atoms with Gasteiger partial charge >= 0.3 is 5.97 Å². The molecular weight excluding hydrogens is 410 g/mol. The number of amides is 2. The van der Waals surface area contributed by atoms with Crippen molar-refractivity contribution in [1.82, 2.24) is 20.9 Å². The molecule has 0 unspecified atom stereocenters. The molecule has 0 spiro atoms. The van der Waals surface area contributed by atoms with Crippen molar-refractivity contribution in [3.63, 3.8) is 0 Å². The van der Waals surface area contributed by atoms with E-state index in [1.165, 1.54) is 0 Å². The molecule has 31 heavy (non-hydrogen) atoms.